The molecule has 0 fully saturated rings. The number of thioether (sulfide) groups is 1. The molecule has 0 atom stereocenters. The van der Waals surface area contributed by atoms with Gasteiger partial charge in [0.1, 0.15) is 16.8 Å². The van der Waals surface area contributed by atoms with Crippen LogP contribution in [-0.2, 0) is 14.2 Å². The number of nitriles is 1. The SMILES string of the molecule is C=CCSc1nc(C(OC)OC)c(C(=O)OC)cc1C#N. The summed E-state index contributed by atoms with van der Waals surface area (Å²) in [5.41, 5.74) is 0.708. The van der Waals surface area contributed by atoms with Gasteiger partial charge in [0, 0.05) is 20.0 Å². The molecule has 21 heavy (non-hydrogen) atoms. The van der Waals surface area contributed by atoms with Gasteiger partial charge in [-0.25, -0.2) is 9.78 Å². The molecule has 0 aliphatic heterocycles. The highest BCUT2D eigenvalue weighted by Crippen LogP contribution is 2.28. The van der Waals surface area contributed by atoms with Crippen LogP contribution in [0.15, 0.2) is 23.7 Å². The largest absolute Gasteiger partial charge is 0.465 e. The first-order valence-corrected chi connectivity index (χ1v) is 6.94. The van der Waals surface area contributed by atoms with Crippen molar-refractivity contribution >= 4 is 17.7 Å². The lowest BCUT2D eigenvalue weighted by Crippen LogP contribution is -2.15. The van der Waals surface area contributed by atoms with Crippen molar-refractivity contribution in [3.8, 4) is 6.07 Å². The Morgan fingerprint density at radius 3 is 2.67 bits per heavy atom. The first-order chi connectivity index (χ1) is 10.1. The number of aromatic nitrogens is 1. The molecule has 1 aromatic rings. The molecule has 112 valence electrons. The van der Waals surface area contributed by atoms with Crippen LogP contribution in [-0.4, -0.2) is 38.0 Å². The van der Waals surface area contributed by atoms with Gasteiger partial charge < -0.3 is 14.2 Å². The molecule has 0 saturated heterocycles. The number of hydrogen-bond donors (Lipinski definition) is 0. The van der Waals surface area contributed by atoms with E-state index in [0.29, 0.717) is 10.8 Å². The summed E-state index contributed by atoms with van der Waals surface area (Å²) in [6.07, 6.45) is 0.876. The monoisotopic (exact) mass is 308 g/mol. The molecule has 1 rings (SSSR count). The van der Waals surface area contributed by atoms with E-state index in [1.54, 1.807) is 6.08 Å². The third kappa shape index (κ3) is 4.04. The Kier molecular flexibility index (Phi) is 6.88. The maximum absolute atomic E-state index is 11.9. The number of esters is 1. The average Bonchev–Trinajstić information content (AvgIpc) is 2.53. The van der Waals surface area contributed by atoms with E-state index in [2.05, 4.69) is 11.6 Å². The van der Waals surface area contributed by atoms with E-state index in [1.165, 1.54) is 39.2 Å². The van der Waals surface area contributed by atoms with Crippen LogP contribution in [0.5, 0.6) is 0 Å². The molecule has 1 heterocycles. The molecule has 1 aromatic heterocycles. The molecule has 0 amide bonds. The molecule has 0 N–H and O–H groups in total. The Morgan fingerprint density at radius 1 is 1.52 bits per heavy atom. The molecule has 0 radical (unpaired) electrons. The molecule has 0 aliphatic rings. The minimum Gasteiger partial charge on any atom is -0.465 e. The van der Waals surface area contributed by atoms with Crippen LogP contribution >= 0.6 is 11.8 Å². The topological polar surface area (TPSA) is 81.4 Å². The quantitative estimate of drug-likeness (QED) is 0.331. The second-order valence-corrected chi connectivity index (χ2v) is 4.79. The zero-order chi connectivity index (χ0) is 15.8. The fourth-order valence-electron chi connectivity index (χ4n) is 1.61. The van der Waals surface area contributed by atoms with Gasteiger partial charge in [-0.05, 0) is 6.07 Å². The zero-order valence-electron chi connectivity index (χ0n) is 12.1. The van der Waals surface area contributed by atoms with E-state index in [-0.39, 0.29) is 16.8 Å². The number of hydrogen-bond acceptors (Lipinski definition) is 7. The molecular formula is C14H16N2O4S. The second kappa shape index (κ2) is 8.42. The minimum absolute atomic E-state index is 0.144. The Bertz CT molecular complexity index is 565. The van der Waals surface area contributed by atoms with Crippen LogP contribution in [0, 0.1) is 11.3 Å². The highest BCUT2D eigenvalue weighted by atomic mass is 32.2. The molecule has 0 spiro atoms. The lowest BCUT2D eigenvalue weighted by Gasteiger charge is -2.17. The van der Waals surface area contributed by atoms with Gasteiger partial charge in [-0.15, -0.1) is 18.3 Å². The third-order valence-electron chi connectivity index (χ3n) is 2.53. The van der Waals surface area contributed by atoms with Crippen LogP contribution in [0.1, 0.15) is 27.9 Å². The Labute approximate surface area is 127 Å². The maximum Gasteiger partial charge on any atom is 0.339 e. The van der Waals surface area contributed by atoms with Crippen molar-refractivity contribution in [1.29, 1.82) is 5.26 Å². The summed E-state index contributed by atoms with van der Waals surface area (Å²) >= 11 is 1.34. The summed E-state index contributed by atoms with van der Waals surface area (Å²) < 4.78 is 15.0. The Hall–Kier alpha value is -1.88. The van der Waals surface area contributed by atoms with Crippen LogP contribution < -0.4 is 0 Å². The van der Waals surface area contributed by atoms with Gasteiger partial charge in [0.2, 0.25) is 6.29 Å². The van der Waals surface area contributed by atoms with Crippen molar-refractivity contribution in [2.24, 2.45) is 0 Å². The molecule has 0 unspecified atom stereocenters. The van der Waals surface area contributed by atoms with Crippen molar-refractivity contribution in [2.45, 2.75) is 11.3 Å². The van der Waals surface area contributed by atoms with Gasteiger partial charge in [-0.1, -0.05) is 6.08 Å². The summed E-state index contributed by atoms with van der Waals surface area (Å²) in [5.74, 6) is -0.0167. The summed E-state index contributed by atoms with van der Waals surface area (Å²) in [4.78, 5) is 16.2. The number of carbonyl (C=O) groups excluding carboxylic acids is 1. The highest BCUT2D eigenvalue weighted by molar-refractivity contribution is 7.99. The predicted molar refractivity (Wildman–Crippen MR) is 78.0 cm³/mol. The Morgan fingerprint density at radius 2 is 2.19 bits per heavy atom. The van der Waals surface area contributed by atoms with Crippen LogP contribution in [0.3, 0.4) is 0 Å². The fourth-order valence-corrected chi connectivity index (χ4v) is 2.31. The lowest BCUT2D eigenvalue weighted by molar-refractivity contribution is -0.109. The first-order valence-electron chi connectivity index (χ1n) is 5.95. The van der Waals surface area contributed by atoms with Crippen molar-refractivity contribution in [3.05, 3.63) is 35.5 Å². The highest BCUT2D eigenvalue weighted by Gasteiger charge is 2.24. The van der Waals surface area contributed by atoms with Crippen LogP contribution in [0.2, 0.25) is 0 Å². The number of carbonyl (C=O) groups is 1. The van der Waals surface area contributed by atoms with E-state index >= 15 is 0 Å². The van der Waals surface area contributed by atoms with E-state index in [9.17, 15) is 10.1 Å². The Balaban J connectivity index is 3.44. The molecule has 7 heteroatoms. The lowest BCUT2D eigenvalue weighted by atomic mass is 10.1. The summed E-state index contributed by atoms with van der Waals surface area (Å²) in [6, 6.07) is 3.45. The molecular weight excluding hydrogens is 292 g/mol. The second-order valence-electron chi connectivity index (χ2n) is 3.78. The predicted octanol–water partition coefficient (Wildman–Crippen LogP) is 2.31. The molecule has 0 bridgehead atoms. The first kappa shape index (κ1) is 17.2. The molecule has 0 saturated carbocycles. The van der Waals surface area contributed by atoms with E-state index in [4.69, 9.17) is 14.2 Å². The summed E-state index contributed by atoms with van der Waals surface area (Å²) in [5, 5.41) is 9.68. The van der Waals surface area contributed by atoms with Gasteiger partial charge in [-0.3, -0.25) is 0 Å². The number of ether oxygens (including phenoxy) is 3. The van der Waals surface area contributed by atoms with Gasteiger partial charge >= 0.3 is 5.97 Å². The molecule has 0 aliphatic carbocycles. The van der Waals surface area contributed by atoms with Gasteiger partial charge in [-0.2, -0.15) is 5.26 Å². The zero-order valence-corrected chi connectivity index (χ0v) is 12.9. The van der Waals surface area contributed by atoms with Gasteiger partial charge in [0.25, 0.3) is 0 Å². The van der Waals surface area contributed by atoms with Gasteiger partial charge in [0.15, 0.2) is 0 Å². The number of methoxy groups -OCH3 is 3. The van der Waals surface area contributed by atoms with Crippen LogP contribution in [0.4, 0.5) is 0 Å². The number of rotatable bonds is 7. The van der Waals surface area contributed by atoms with E-state index < -0.39 is 12.3 Å². The number of nitrogens with zero attached hydrogens (tertiary/aromatic N) is 2. The molecule has 6 nitrogen and oxygen atoms in total. The summed E-state index contributed by atoms with van der Waals surface area (Å²) in [6.45, 7) is 3.63. The smallest absolute Gasteiger partial charge is 0.339 e. The standard InChI is InChI=1S/C14H16N2O4S/c1-5-6-21-12-9(8-15)7-10(13(17)18-2)11(16-12)14(19-3)20-4/h5,7,14H,1,6H2,2-4H3. The third-order valence-corrected chi connectivity index (χ3v) is 3.52. The van der Waals surface area contributed by atoms with E-state index in [1.807, 2.05) is 6.07 Å². The molecule has 0 aromatic carbocycles. The van der Waals surface area contributed by atoms with Crippen LogP contribution in [0.25, 0.3) is 0 Å². The van der Waals surface area contributed by atoms with Crippen molar-refractivity contribution < 1.29 is 19.0 Å². The van der Waals surface area contributed by atoms with Crippen molar-refractivity contribution in [1.82, 2.24) is 4.98 Å². The van der Waals surface area contributed by atoms with Crippen molar-refractivity contribution in [2.75, 3.05) is 27.1 Å². The van der Waals surface area contributed by atoms with Crippen molar-refractivity contribution in [3.63, 3.8) is 0 Å². The van der Waals surface area contributed by atoms with Gasteiger partial charge in [0.05, 0.1) is 18.2 Å². The maximum atomic E-state index is 11.9. The normalized spacial score (nSPS) is 10.2. The minimum atomic E-state index is -0.824. The fraction of sp³-hybridized carbons (Fsp3) is 0.357. The summed E-state index contributed by atoms with van der Waals surface area (Å²) in [7, 11) is 4.13. The average molecular weight is 308 g/mol. The number of pyridine rings is 1. The van der Waals surface area contributed by atoms with E-state index in [0.717, 1.165) is 0 Å².